The Morgan fingerprint density at radius 2 is 1.82 bits per heavy atom. The molecule has 1 heterocycles. The number of nitrogens with one attached hydrogen (secondary N) is 1. The number of fused-ring (bicyclic) bond motifs is 1. The number of pyridine rings is 1. The molecule has 0 aliphatic heterocycles. The van der Waals surface area contributed by atoms with Crippen molar-refractivity contribution >= 4 is 33.3 Å². The third kappa shape index (κ3) is 3.57. The summed E-state index contributed by atoms with van der Waals surface area (Å²) >= 11 is 0. The number of nitrogens with zero attached hydrogens (tertiary/aromatic N) is 1. The highest BCUT2D eigenvalue weighted by Crippen LogP contribution is 2.23. The van der Waals surface area contributed by atoms with Crippen molar-refractivity contribution in [3.8, 4) is 0 Å². The Hall–Kier alpha value is -1.21. The lowest BCUT2D eigenvalue weighted by atomic mass is 9.95. The molecule has 0 unspecified atom stereocenters. The van der Waals surface area contributed by atoms with Gasteiger partial charge in [0.25, 0.3) is 0 Å². The molecule has 122 valence electrons. The lowest BCUT2D eigenvalue weighted by molar-refractivity contribution is 0.363. The zero-order chi connectivity index (χ0) is 15.5. The molecule has 22 heavy (non-hydrogen) atoms. The van der Waals surface area contributed by atoms with E-state index in [0.29, 0.717) is 18.4 Å². The lowest BCUT2D eigenvalue weighted by Crippen LogP contribution is -2.52. The van der Waals surface area contributed by atoms with Gasteiger partial charge in [0.05, 0.1) is 5.52 Å². The van der Waals surface area contributed by atoms with Crippen molar-refractivity contribution in [2.45, 2.75) is 37.1 Å². The van der Waals surface area contributed by atoms with Crippen LogP contribution in [0, 0.1) is 0 Å². The summed E-state index contributed by atoms with van der Waals surface area (Å²) in [5, 5.41) is 0.798. The maximum Gasteiger partial charge on any atom is 0.243 e. The predicted octanol–water partition coefficient (Wildman–Crippen LogP) is 2.45. The largest absolute Gasteiger partial charge is 0.329 e. The molecular formula is C15H22ClN3O2S. The van der Waals surface area contributed by atoms with Crippen LogP contribution in [-0.4, -0.2) is 25.5 Å². The molecule has 1 aromatic heterocycles. The van der Waals surface area contributed by atoms with Crippen LogP contribution >= 0.6 is 12.4 Å². The molecule has 0 amide bonds. The van der Waals surface area contributed by atoms with E-state index in [2.05, 4.69) is 9.71 Å². The third-order valence-electron chi connectivity index (χ3n) is 3.98. The average Bonchev–Trinajstić information content (AvgIpc) is 2.52. The van der Waals surface area contributed by atoms with Gasteiger partial charge >= 0.3 is 0 Å². The molecule has 0 bridgehead atoms. The molecule has 0 aliphatic rings. The van der Waals surface area contributed by atoms with Crippen molar-refractivity contribution in [2.75, 3.05) is 6.54 Å². The van der Waals surface area contributed by atoms with E-state index in [9.17, 15) is 8.42 Å². The van der Waals surface area contributed by atoms with Crippen molar-refractivity contribution < 1.29 is 8.42 Å². The summed E-state index contributed by atoms with van der Waals surface area (Å²) in [5.74, 6) is 0. The Bertz CT molecular complexity index is 717. The zero-order valence-corrected chi connectivity index (χ0v) is 14.4. The fourth-order valence-corrected chi connectivity index (χ4v) is 4.09. The van der Waals surface area contributed by atoms with Crippen molar-refractivity contribution in [3.05, 3.63) is 36.5 Å². The Kier molecular flexibility index (Phi) is 6.31. The fraction of sp³-hybridized carbons (Fsp3) is 0.400. The van der Waals surface area contributed by atoms with Gasteiger partial charge in [0.1, 0.15) is 4.90 Å². The summed E-state index contributed by atoms with van der Waals surface area (Å²) in [6.07, 6.45) is 2.87. The van der Waals surface area contributed by atoms with Crippen LogP contribution in [0.1, 0.15) is 26.7 Å². The molecule has 5 nitrogen and oxygen atoms in total. The molecule has 0 fully saturated rings. The van der Waals surface area contributed by atoms with E-state index < -0.39 is 15.6 Å². The van der Waals surface area contributed by atoms with Crippen LogP contribution in [0.15, 0.2) is 41.4 Å². The summed E-state index contributed by atoms with van der Waals surface area (Å²) in [6.45, 7) is 4.12. The maximum atomic E-state index is 12.7. The van der Waals surface area contributed by atoms with E-state index in [0.717, 1.165) is 5.39 Å². The quantitative estimate of drug-likeness (QED) is 0.843. The molecule has 3 N–H and O–H groups in total. The molecule has 0 spiro atoms. The number of para-hydroxylation sites is 1. The first kappa shape index (κ1) is 18.8. The third-order valence-corrected chi connectivity index (χ3v) is 5.59. The Morgan fingerprint density at radius 3 is 2.41 bits per heavy atom. The van der Waals surface area contributed by atoms with Crippen LogP contribution in [0.5, 0.6) is 0 Å². The van der Waals surface area contributed by atoms with Gasteiger partial charge in [-0.3, -0.25) is 4.98 Å². The molecular weight excluding hydrogens is 322 g/mol. The first-order valence-electron chi connectivity index (χ1n) is 7.06. The summed E-state index contributed by atoms with van der Waals surface area (Å²) in [7, 11) is -3.67. The number of rotatable bonds is 6. The van der Waals surface area contributed by atoms with Gasteiger partial charge in [0.2, 0.25) is 10.0 Å². The first-order chi connectivity index (χ1) is 9.98. The number of hydrogen-bond donors (Lipinski definition) is 2. The number of nitrogens with two attached hydrogens (primary N) is 1. The Morgan fingerprint density at radius 1 is 1.18 bits per heavy atom. The van der Waals surface area contributed by atoms with Gasteiger partial charge in [-0.2, -0.15) is 0 Å². The normalized spacial score (nSPS) is 12.1. The minimum absolute atomic E-state index is 0. The number of aromatic nitrogens is 1. The van der Waals surface area contributed by atoms with Crippen molar-refractivity contribution in [1.29, 1.82) is 0 Å². The highest BCUT2D eigenvalue weighted by Gasteiger charge is 2.31. The monoisotopic (exact) mass is 343 g/mol. The van der Waals surface area contributed by atoms with Gasteiger partial charge < -0.3 is 5.73 Å². The van der Waals surface area contributed by atoms with E-state index >= 15 is 0 Å². The van der Waals surface area contributed by atoms with Crippen LogP contribution in [0.25, 0.3) is 10.9 Å². The Labute approximate surface area is 137 Å². The molecule has 2 rings (SSSR count). The first-order valence-corrected chi connectivity index (χ1v) is 8.54. The van der Waals surface area contributed by atoms with E-state index in [4.69, 9.17) is 5.73 Å². The molecule has 1 aromatic carbocycles. The second kappa shape index (κ2) is 7.37. The van der Waals surface area contributed by atoms with Crippen molar-refractivity contribution in [2.24, 2.45) is 5.73 Å². The summed E-state index contributed by atoms with van der Waals surface area (Å²) in [4.78, 5) is 4.40. The Balaban J connectivity index is 0.00000242. The van der Waals surface area contributed by atoms with Gasteiger partial charge in [0.15, 0.2) is 0 Å². The second-order valence-electron chi connectivity index (χ2n) is 5.13. The van der Waals surface area contributed by atoms with Gasteiger partial charge in [-0.1, -0.05) is 32.0 Å². The molecule has 2 aromatic rings. The van der Waals surface area contributed by atoms with E-state index in [1.54, 1.807) is 24.4 Å². The molecule has 0 atom stereocenters. The number of halogens is 1. The van der Waals surface area contributed by atoms with Gasteiger partial charge in [-0.05, 0) is 25.0 Å². The lowest BCUT2D eigenvalue weighted by Gasteiger charge is -2.31. The van der Waals surface area contributed by atoms with Crippen LogP contribution in [-0.2, 0) is 10.0 Å². The molecule has 7 heteroatoms. The van der Waals surface area contributed by atoms with Crippen molar-refractivity contribution in [1.82, 2.24) is 9.71 Å². The van der Waals surface area contributed by atoms with E-state index in [1.165, 1.54) is 0 Å². The van der Waals surface area contributed by atoms with Crippen LogP contribution < -0.4 is 10.5 Å². The SMILES string of the molecule is CCC(CC)(CN)NS(=O)(=O)c1cccc2cccnc12.Cl. The van der Waals surface area contributed by atoms with E-state index in [-0.39, 0.29) is 23.8 Å². The van der Waals surface area contributed by atoms with E-state index in [1.807, 2.05) is 26.0 Å². The molecule has 0 saturated heterocycles. The van der Waals surface area contributed by atoms with Gasteiger partial charge in [-0.15, -0.1) is 12.4 Å². The average molecular weight is 344 g/mol. The minimum atomic E-state index is -3.67. The summed E-state index contributed by atoms with van der Waals surface area (Å²) in [5.41, 5.74) is 5.65. The summed E-state index contributed by atoms with van der Waals surface area (Å²) in [6, 6.07) is 8.77. The highest BCUT2D eigenvalue weighted by atomic mass is 35.5. The molecule has 0 saturated carbocycles. The van der Waals surface area contributed by atoms with Gasteiger partial charge in [0, 0.05) is 23.7 Å². The van der Waals surface area contributed by atoms with Crippen LogP contribution in [0.2, 0.25) is 0 Å². The second-order valence-corrected chi connectivity index (χ2v) is 6.78. The number of sulfonamides is 1. The predicted molar refractivity (Wildman–Crippen MR) is 91.7 cm³/mol. The standard InChI is InChI=1S/C15H21N3O2S.ClH/c1-3-15(4-2,11-16)18-21(19,20)13-9-5-7-12-8-6-10-17-14(12)13;/h5-10,18H,3-4,11,16H2,1-2H3;1H. The topological polar surface area (TPSA) is 85.1 Å². The van der Waals surface area contributed by atoms with Crippen molar-refractivity contribution in [3.63, 3.8) is 0 Å². The smallest absolute Gasteiger partial charge is 0.243 e. The highest BCUT2D eigenvalue weighted by molar-refractivity contribution is 7.89. The number of hydrogen-bond acceptors (Lipinski definition) is 4. The summed E-state index contributed by atoms with van der Waals surface area (Å²) < 4.78 is 28.2. The fourth-order valence-electron chi connectivity index (χ4n) is 2.36. The molecule has 0 radical (unpaired) electrons. The maximum absolute atomic E-state index is 12.7. The van der Waals surface area contributed by atoms with Crippen LogP contribution in [0.4, 0.5) is 0 Å². The minimum Gasteiger partial charge on any atom is -0.329 e. The zero-order valence-electron chi connectivity index (χ0n) is 12.7. The van der Waals surface area contributed by atoms with Crippen LogP contribution in [0.3, 0.4) is 0 Å². The van der Waals surface area contributed by atoms with Gasteiger partial charge in [-0.25, -0.2) is 13.1 Å². The molecule has 0 aliphatic carbocycles. The number of benzene rings is 1.